The number of nitrogens with zero attached hydrogens (tertiary/aromatic N) is 1. The molecule has 0 aliphatic carbocycles. The monoisotopic (exact) mass is 434 g/mol. The van der Waals surface area contributed by atoms with E-state index in [0.717, 1.165) is 5.56 Å². The van der Waals surface area contributed by atoms with E-state index >= 15 is 0 Å². The van der Waals surface area contributed by atoms with Gasteiger partial charge in [-0.05, 0) is 68.1 Å². The van der Waals surface area contributed by atoms with Crippen LogP contribution in [0.5, 0.6) is 5.75 Å². The van der Waals surface area contributed by atoms with Crippen LogP contribution in [0.15, 0.2) is 36.4 Å². The van der Waals surface area contributed by atoms with Gasteiger partial charge in [-0.3, -0.25) is 9.59 Å². The zero-order valence-corrected chi connectivity index (χ0v) is 18.0. The number of hydrogen-bond acceptors (Lipinski definition) is 3. The lowest BCUT2D eigenvalue weighted by Crippen LogP contribution is -2.47. The molecule has 1 heterocycles. The van der Waals surface area contributed by atoms with Crippen molar-refractivity contribution in [3.05, 3.63) is 63.1 Å². The van der Waals surface area contributed by atoms with E-state index in [1.54, 1.807) is 23.1 Å². The van der Waals surface area contributed by atoms with Gasteiger partial charge >= 0.3 is 0 Å². The number of amides is 2. The molecule has 2 aromatic carbocycles. The summed E-state index contributed by atoms with van der Waals surface area (Å²) in [6.45, 7) is 5.10. The zero-order valence-electron chi connectivity index (χ0n) is 16.5. The molecule has 0 unspecified atom stereocenters. The molecule has 1 saturated heterocycles. The summed E-state index contributed by atoms with van der Waals surface area (Å²) in [6.07, 6.45) is 1.36. The number of likely N-dealkylation sites (tertiary alicyclic amines) is 1. The molecule has 154 valence electrons. The third kappa shape index (κ3) is 5.64. The predicted molar refractivity (Wildman–Crippen MR) is 115 cm³/mol. The summed E-state index contributed by atoms with van der Waals surface area (Å²) >= 11 is 12.1. The first-order valence-corrected chi connectivity index (χ1v) is 10.3. The van der Waals surface area contributed by atoms with Crippen LogP contribution in [0.3, 0.4) is 0 Å². The summed E-state index contributed by atoms with van der Waals surface area (Å²) in [7, 11) is 0. The topological polar surface area (TPSA) is 58.6 Å². The predicted octanol–water partition coefficient (Wildman–Crippen LogP) is 4.41. The van der Waals surface area contributed by atoms with Crippen LogP contribution in [0, 0.1) is 13.8 Å². The van der Waals surface area contributed by atoms with Gasteiger partial charge in [0.15, 0.2) is 6.61 Å². The number of carbonyl (C=O) groups is 2. The Labute approximate surface area is 180 Å². The fourth-order valence-corrected chi connectivity index (χ4v) is 3.65. The number of nitrogens with one attached hydrogen (secondary N) is 1. The van der Waals surface area contributed by atoms with Gasteiger partial charge in [-0.1, -0.05) is 29.3 Å². The van der Waals surface area contributed by atoms with E-state index < -0.39 is 0 Å². The summed E-state index contributed by atoms with van der Waals surface area (Å²) < 4.78 is 5.58. The van der Waals surface area contributed by atoms with E-state index in [0.29, 0.717) is 47.3 Å². The Balaban J connectivity index is 1.46. The van der Waals surface area contributed by atoms with Crippen molar-refractivity contribution in [1.29, 1.82) is 0 Å². The second kappa shape index (κ2) is 9.51. The molecule has 0 radical (unpaired) electrons. The number of halogens is 2. The molecule has 0 aromatic heterocycles. The highest BCUT2D eigenvalue weighted by Gasteiger charge is 2.26. The minimum Gasteiger partial charge on any atom is -0.484 e. The minimum absolute atomic E-state index is 0.0183. The third-order valence-corrected chi connectivity index (χ3v) is 5.72. The number of ether oxygens (including phenoxy) is 1. The molecule has 0 atom stereocenters. The molecule has 2 aromatic rings. The Bertz CT molecular complexity index is 909. The van der Waals surface area contributed by atoms with E-state index in [2.05, 4.69) is 5.32 Å². The summed E-state index contributed by atoms with van der Waals surface area (Å²) in [5.41, 5.74) is 2.71. The van der Waals surface area contributed by atoms with Crippen LogP contribution >= 0.6 is 23.2 Å². The lowest BCUT2D eigenvalue weighted by Gasteiger charge is -2.32. The maximum atomic E-state index is 12.7. The first kappa shape index (κ1) is 21.5. The molecule has 0 spiro atoms. The van der Waals surface area contributed by atoms with Gasteiger partial charge in [-0.15, -0.1) is 0 Å². The second-order valence-corrected chi connectivity index (χ2v) is 8.14. The van der Waals surface area contributed by atoms with Gasteiger partial charge in [-0.25, -0.2) is 0 Å². The van der Waals surface area contributed by atoms with Crippen molar-refractivity contribution in [1.82, 2.24) is 10.2 Å². The number of carbonyl (C=O) groups excluding carboxylic acids is 2. The molecule has 0 saturated carbocycles. The zero-order chi connectivity index (χ0) is 21.0. The van der Waals surface area contributed by atoms with Crippen molar-refractivity contribution in [2.24, 2.45) is 0 Å². The molecule has 0 bridgehead atoms. The lowest BCUT2D eigenvalue weighted by molar-refractivity contribution is -0.124. The average Bonchev–Trinajstić information content (AvgIpc) is 2.71. The number of piperidine rings is 1. The van der Waals surface area contributed by atoms with E-state index in [-0.39, 0.29) is 24.5 Å². The van der Waals surface area contributed by atoms with Crippen molar-refractivity contribution in [2.75, 3.05) is 19.7 Å². The van der Waals surface area contributed by atoms with Crippen molar-refractivity contribution in [3.63, 3.8) is 0 Å². The van der Waals surface area contributed by atoms with Gasteiger partial charge in [0, 0.05) is 24.2 Å². The average molecular weight is 435 g/mol. The van der Waals surface area contributed by atoms with Crippen molar-refractivity contribution in [3.8, 4) is 5.75 Å². The number of benzene rings is 2. The van der Waals surface area contributed by atoms with Gasteiger partial charge in [0.05, 0.1) is 10.6 Å². The Kier molecular flexibility index (Phi) is 7.04. The summed E-state index contributed by atoms with van der Waals surface area (Å²) in [5.74, 6) is 0.383. The minimum atomic E-state index is -0.161. The molecule has 29 heavy (non-hydrogen) atoms. The highest BCUT2D eigenvalue weighted by atomic mass is 35.5. The van der Waals surface area contributed by atoms with Crippen molar-refractivity contribution in [2.45, 2.75) is 32.7 Å². The van der Waals surface area contributed by atoms with Gasteiger partial charge in [0.2, 0.25) is 0 Å². The Morgan fingerprint density at radius 3 is 2.48 bits per heavy atom. The fraction of sp³-hybridized carbons (Fsp3) is 0.364. The Hall–Kier alpha value is -2.24. The van der Waals surface area contributed by atoms with Crippen LogP contribution in [0.1, 0.15) is 34.3 Å². The summed E-state index contributed by atoms with van der Waals surface area (Å²) in [4.78, 5) is 26.6. The maximum absolute atomic E-state index is 12.7. The van der Waals surface area contributed by atoms with E-state index in [1.165, 1.54) is 5.56 Å². The van der Waals surface area contributed by atoms with Crippen LogP contribution in [0.25, 0.3) is 0 Å². The highest BCUT2D eigenvalue weighted by molar-refractivity contribution is 6.35. The number of rotatable bonds is 5. The fourth-order valence-electron chi connectivity index (χ4n) is 3.28. The van der Waals surface area contributed by atoms with E-state index in [4.69, 9.17) is 27.9 Å². The number of aryl methyl sites for hydroxylation is 2. The molecular formula is C22H24Cl2N2O3. The van der Waals surface area contributed by atoms with Crippen LogP contribution in [-0.2, 0) is 4.79 Å². The molecular weight excluding hydrogens is 411 g/mol. The quantitative estimate of drug-likeness (QED) is 0.757. The molecule has 1 aliphatic rings. The molecule has 2 amide bonds. The van der Waals surface area contributed by atoms with Gasteiger partial charge in [0.25, 0.3) is 11.8 Å². The Morgan fingerprint density at radius 2 is 1.79 bits per heavy atom. The second-order valence-electron chi connectivity index (χ2n) is 7.29. The van der Waals surface area contributed by atoms with E-state index in [1.807, 2.05) is 32.0 Å². The largest absolute Gasteiger partial charge is 0.484 e. The molecule has 1 N–H and O–H groups in total. The lowest BCUT2D eigenvalue weighted by atomic mass is 10.0. The van der Waals surface area contributed by atoms with Crippen molar-refractivity contribution >= 4 is 35.0 Å². The number of hydrogen-bond donors (Lipinski definition) is 1. The van der Waals surface area contributed by atoms with Crippen LogP contribution in [-0.4, -0.2) is 42.5 Å². The third-order valence-electron chi connectivity index (χ3n) is 5.15. The van der Waals surface area contributed by atoms with Gasteiger partial charge in [-0.2, -0.15) is 0 Å². The van der Waals surface area contributed by atoms with Crippen LogP contribution < -0.4 is 10.1 Å². The van der Waals surface area contributed by atoms with Gasteiger partial charge < -0.3 is 15.0 Å². The van der Waals surface area contributed by atoms with Gasteiger partial charge in [0.1, 0.15) is 5.75 Å². The maximum Gasteiger partial charge on any atom is 0.258 e. The molecule has 1 aliphatic heterocycles. The summed E-state index contributed by atoms with van der Waals surface area (Å²) in [5, 5.41) is 3.85. The SMILES string of the molecule is Cc1ccc(OCC(=O)NC2CCN(C(=O)c3cc(Cl)ccc3Cl)CC2)cc1C. The first-order valence-electron chi connectivity index (χ1n) is 9.57. The highest BCUT2D eigenvalue weighted by Crippen LogP contribution is 2.23. The Morgan fingerprint density at radius 1 is 1.07 bits per heavy atom. The van der Waals surface area contributed by atoms with E-state index in [9.17, 15) is 9.59 Å². The molecule has 7 heteroatoms. The standard InChI is InChI=1S/C22H24Cl2N2O3/c1-14-3-5-18(11-15(14)2)29-13-21(27)25-17-7-9-26(10-8-17)22(28)19-12-16(23)4-6-20(19)24/h3-6,11-12,17H,7-10,13H2,1-2H3,(H,25,27). The molecule has 5 nitrogen and oxygen atoms in total. The normalized spacial score (nSPS) is 14.6. The molecule has 1 fully saturated rings. The van der Waals surface area contributed by atoms with Crippen LogP contribution in [0.2, 0.25) is 10.0 Å². The van der Waals surface area contributed by atoms with Crippen LogP contribution in [0.4, 0.5) is 0 Å². The molecule has 3 rings (SSSR count). The van der Waals surface area contributed by atoms with Crippen molar-refractivity contribution < 1.29 is 14.3 Å². The smallest absolute Gasteiger partial charge is 0.258 e. The summed E-state index contributed by atoms with van der Waals surface area (Å²) in [6, 6.07) is 10.6. The first-order chi connectivity index (χ1) is 13.8.